The van der Waals surface area contributed by atoms with E-state index in [1.165, 1.54) is 15.7 Å². The molecule has 1 aliphatic heterocycles. The van der Waals surface area contributed by atoms with E-state index in [-0.39, 0.29) is 11.1 Å². The van der Waals surface area contributed by atoms with Gasteiger partial charge in [0, 0.05) is 17.1 Å². The van der Waals surface area contributed by atoms with Crippen LogP contribution < -0.4 is 0 Å². The molecule has 0 unspecified atom stereocenters. The molecule has 1 aromatic heterocycles. The molecule has 0 spiro atoms. The van der Waals surface area contributed by atoms with E-state index in [1.807, 2.05) is 56.3 Å². The van der Waals surface area contributed by atoms with Crippen molar-refractivity contribution in [2.75, 3.05) is 0 Å². The first-order chi connectivity index (χ1) is 15.9. The zero-order valence-electron chi connectivity index (χ0n) is 18.8. The molecule has 0 saturated carbocycles. The molecule has 2 heterocycles. The fraction of sp³-hybridized carbons (Fsp3) is 0.143. The van der Waals surface area contributed by atoms with Gasteiger partial charge in [0.1, 0.15) is 0 Å². The minimum atomic E-state index is -0.234. The second kappa shape index (κ2) is 8.41. The van der Waals surface area contributed by atoms with Gasteiger partial charge >= 0.3 is 0 Å². The number of imide groups is 1. The highest BCUT2D eigenvalue weighted by Gasteiger charge is 2.35. The average Bonchev–Trinajstić information content (AvgIpc) is 3.22. The van der Waals surface area contributed by atoms with Gasteiger partial charge in [0.25, 0.3) is 11.1 Å². The molecule has 5 rings (SSSR count). The Hall–Kier alpha value is -3.57. The molecule has 0 atom stereocenters. The lowest BCUT2D eigenvalue weighted by Gasteiger charge is -2.12. The van der Waals surface area contributed by atoms with Crippen molar-refractivity contribution >= 4 is 39.8 Å². The number of aromatic nitrogens is 1. The van der Waals surface area contributed by atoms with Crippen molar-refractivity contribution in [2.45, 2.75) is 27.3 Å². The number of carbonyl (C=O) groups is 2. The molecule has 0 bridgehead atoms. The van der Waals surface area contributed by atoms with Crippen molar-refractivity contribution in [3.63, 3.8) is 0 Å². The molecule has 1 saturated heterocycles. The molecule has 1 fully saturated rings. The van der Waals surface area contributed by atoms with Crippen LogP contribution in [-0.4, -0.2) is 20.6 Å². The Balaban J connectivity index is 1.46. The zero-order chi connectivity index (χ0) is 23.1. The Morgan fingerprint density at radius 3 is 2.42 bits per heavy atom. The third-order valence-electron chi connectivity index (χ3n) is 6.04. The van der Waals surface area contributed by atoms with Gasteiger partial charge in [-0.3, -0.25) is 14.5 Å². The fourth-order valence-electron chi connectivity index (χ4n) is 4.42. The van der Waals surface area contributed by atoms with E-state index >= 15 is 0 Å². The highest BCUT2D eigenvalue weighted by molar-refractivity contribution is 8.18. The maximum Gasteiger partial charge on any atom is 0.293 e. The maximum atomic E-state index is 13.0. The molecule has 2 amide bonds. The predicted molar refractivity (Wildman–Crippen MR) is 135 cm³/mol. The minimum absolute atomic E-state index is 0.226. The van der Waals surface area contributed by atoms with Gasteiger partial charge in [0.15, 0.2) is 0 Å². The first kappa shape index (κ1) is 21.3. The first-order valence-corrected chi connectivity index (χ1v) is 11.7. The van der Waals surface area contributed by atoms with Crippen LogP contribution in [0.2, 0.25) is 0 Å². The van der Waals surface area contributed by atoms with E-state index in [1.54, 1.807) is 0 Å². The van der Waals surface area contributed by atoms with Crippen molar-refractivity contribution in [1.29, 1.82) is 0 Å². The Morgan fingerprint density at radius 2 is 1.64 bits per heavy atom. The summed E-state index contributed by atoms with van der Waals surface area (Å²) in [6, 6.07) is 24.7. The lowest BCUT2D eigenvalue weighted by Crippen LogP contribution is -2.27. The summed E-state index contributed by atoms with van der Waals surface area (Å²) in [6.45, 7) is 6.40. The number of amides is 2. The van der Waals surface area contributed by atoms with Crippen molar-refractivity contribution < 1.29 is 9.59 Å². The lowest BCUT2D eigenvalue weighted by atomic mass is 10.1. The third-order valence-corrected chi connectivity index (χ3v) is 6.95. The van der Waals surface area contributed by atoms with E-state index in [0.29, 0.717) is 11.4 Å². The fourth-order valence-corrected chi connectivity index (χ4v) is 5.25. The summed E-state index contributed by atoms with van der Waals surface area (Å²) >= 11 is 1.01. The molecule has 164 valence electrons. The van der Waals surface area contributed by atoms with Crippen LogP contribution in [0.3, 0.4) is 0 Å². The van der Waals surface area contributed by atoms with Crippen LogP contribution in [0, 0.1) is 20.8 Å². The van der Waals surface area contributed by atoms with Gasteiger partial charge in [-0.25, -0.2) is 0 Å². The smallest absolute Gasteiger partial charge is 0.293 e. The zero-order valence-corrected chi connectivity index (χ0v) is 19.6. The number of hydrogen-bond acceptors (Lipinski definition) is 3. The average molecular weight is 453 g/mol. The predicted octanol–water partition coefficient (Wildman–Crippen LogP) is 6.79. The highest BCUT2D eigenvalue weighted by atomic mass is 32.2. The number of carbonyl (C=O) groups excluding carboxylic acids is 2. The second-order valence-electron chi connectivity index (χ2n) is 8.45. The van der Waals surface area contributed by atoms with Crippen LogP contribution >= 0.6 is 11.8 Å². The van der Waals surface area contributed by atoms with Crippen LogP contribution in [-0.2, 0) is 11.3 Å². The Bertz CT molecular complexity index is 1450. The molecular formula is C28H24N2O2S. The minimum Gasteiger partial charge on any atom is -0.318 e. The lowest BCUT2D eigenvalue weighted by molar-refractivity contribution is -0.123. The van der Waals surface area contributed by atoms with Gasteiger partial charge < -0.3 is 4.57 Å². The van der Waals surface area contributed by atoms with Crippen LogP contribution in [0.4, 0.5) is 4.79 Å². The van der Waals surface area contributed by atoms with Crippen LogP contribution in [0.1, 0.15) is 28.1 Å². The molecule has 0 radical (unpaired) electrons. The summed E-state index contributed by atoms with van der Waals surface area (Å²) in [5.41, 5.74) is 6.20. The number of fused-ring (bicyclic) bond motifs is 1. The molecule has 4 aromatic rings. The third kappa shape index (κ3) is 4.00. The highest BCUT2D eigenvalue weighted by Crippen LogP contribution is 2.35. The molecular weight excluding hydrogens is 428 g/mol. The molecule has 0 N–H and O–H groups in total. The SMILES string of the molecule is Cc1cccc(CN2C(=O)S/C(=C\c3cc(C)n(-c4ccc5ccccc5c4)c3C)C2=O)c1. The summed E-state index contributed by atoms with van der Waals surface area (Å²) in [6.07, 6.45) is 1.85. The number of hydrogen-bond donors (Lipinski definition) is 0. The molecule has 5 heteroatoms. The number of thioether (sulfide) groups is 1. The van der Waals surface area contributed by atoms with Crippen LogP contribution in [0.5, 0.6) is 0 Å². The van der Waals surface area contributed by atoms with Gasteiger partial charge in [-0.2, -0.15) is 0 Å². The standard InChI is InChI=1S/C28H24N2O2S/c1-18-7-6-8-21(13-18)17-29-27(31)26(33-28(29)32)16-24-14-19(2)30(20(24)3)25-12-11-22-9-4-5-10-23(22)15-25/h4-16H,17H2,1-3H3/b26-16-. The van der Waals surface area contributed by atoms with Crippen LogP contribution in [0.25, 0.3) is 22.5 Å². The van der Waals surface area contributed by atoms with Gasteiger partial charge in [-0.1, -0.05) is 60.2 Å². The quantitative estimate of drug-likeness (QED) is 0.320. The molecule has 4 nitrogen and oxygen atoms in total. The van der Waals surface area contributed by atoms with E-state index < -0.39 is 0 Å². The summed E-state index contributed by atoms with van der Waals surface area (Å²) in [5.74, 6) is -0.234. The van der Waals surface area contributed by atoms with Gasteiger partial charge in [-0.15, -0.1) is 0 Å². The van der Waals surface area contributed by atoms with E-state index in [0.717, 1.165) is 45.5 Å². The second-order valence-corrected chi connectivity index (χ2v) is 9.44. The first-order valence-electron chi connectivity index (χ1n) is 10.9. The van der Waals surface area contributed by atoms with Gasteiger partial charge in [0.2, 0.25) is 0 Å². The molecule has 1 aliphatic rings. The maximum absolute atomic E-state index is 13.0. The van der Waals surface area contributed by atoms with Crippen LogP contribution in [0.15, 0.2) is 77.7 Å². The summed E-state index contributed by atoms with van der Waals surface area (Å²) in [7, 11) is 0. The molecule has 33 heavy (non-hydrogen) atoms. The largest absolute Gasteiger partial charge is 0.318 e. The number of aryl methyl sites for hydroxylation is 2. The van der Waals surface area contributed by atoms with Gasteiger partial charge in [0.05, 0.1) is 11.4 Å². The Morgan fingerprint density at radius 1 is 0.848 bits per heavy atom. The summed E-state index contributed by atoms with van der Waals surface area (Å²) in [5, 5.41) is 2.16. The van der Waals surface area contributed by atoms with Crippen molar-refractivity contribution in [2.24, 2.45) is 0 Å². The topological polar surface area (TPSA) is 42.3 Å². The Kier molecular flexibility index (Phi) is 5.43. The summed E-state index contributed by atoms with van der Waals surface area (Å²) < 4.78 is 2.19. The monoisotopic (exact) mass is 452 g/mol. The van der Waals surface area contributed by atoms with Gasteiger partial charge in [-0.05, 0) is 78.7 Å². The van der Waals surface area contributed by atoms with E-state index in [9.17, 15) is 9.59 Å². The van der Waals surface area contributed by atoms with Crippen molar-refractivity contribution in [3.8, 4) is 5.69 Å². The summed E-state index contributed by atoms with van der Waals surface area (Å²) in [4.78, 5) is 27.4. The van der Waals surface area contributed by atoms with Crippen molar-refractivity contribution in [1.82, 2.24) is 9.47 Å². The van der Waals surface area contributed by atoms with E-state index in [4.69, 9.17) is 0 Å². The number of nitrogens with zero attached hydrogens (tertiary/aromatic N) is 2. The van der Waals surface area contributed by atoms with E-state index in [2.05, 4.69) is 47.9 Å². The molecule has 3 aromatic carbocycles. The number of benzene rings is 3. The Labute approximate surface area is 197 Å². The molecule has 0 aliphatic carbocycles. The number of rotatable bonds is 4. The van der Waals surface area contributed by atoms with Crippen molar-refractivity contribution in [3.05, 3.63) is 106 Å². The normalized spacial score (nSPS) is 15.2.